The van der Waals surface area contributed by atoms with E-state index in [0.29, 0.717) is 36.9 Å². The Morgan fingerprint density at radius 3 is 2.26 bits per heavy atom. The molecule has 0 unspecified atom stereocenters. The highest BCUT2D eigenvalue weighted by molar-refractivity contribution is 6.41. The van der Waals surface area contributed by atoms with Crippen molar-refractivity contribution < 1.29 is 0 Å². The summed E-state index contributed by atoms with van der Waals surface area (Å²) in [5.74, 6) is 0. The lowest BCUT2D eigenvalue weighted by Crippen LogP contribution is -1.93. The fraction of sp³-hybridized carbons (Fsp3) is 0.0769. The minimum atomic E-state index is 0.187. The average molecular weight is 332 g/mol. The monoisotopic (exact) mass is 330 g/mol. The number of rotatable bonds is 2. The third-order valence-electron chi connectivity index (χ3n) is 2.50. The highest BCUT2D eigenvalue weighted by Crippen LogP contribution is 2.39. The summed E-state index contributed by atoms with van der Waals surface area (Å²) in [5.41, 5.74) is 1.99. The molecule has 19 heavy (non-hydrogen) atoms. The van der Waals surface area contributed by atoms with Gasteiger partial charge in [0.05, 0.1) is 22.5 Å². The standard InChI is InChI=1S/C13H6Cl4N2/c14-8-4-10(15)13(11(16)5-8)9-6-19-12(17)3-7(9)1-2-18/h3-6H,1H2. The summed E-state index contributed by atoms with van der Waals surface area (Å²) in [7, 11) is 0. The van der Waals surface area contributed by atoms with Gasteiger partial charge in [0.2, 0.25) is 0 Å². The van der Waals surface area contributed by atoms with Crippen LogP contribution in [-0.2, 0) is 6.42 Å². The van der Waals surface area contributed by atoms with Gasteiger partial charge in [0, 0.05) is 22.3 Å². The van der Waals surface area contributed by atoms with E-state index in [1.165, 1.54) is 0 Å². The maximum absolute atomic E-state index is 8.86. The van der Waals surface area contributed by atoms with Gasteiger partial charge in [0.15, 0.2) is 0 Å². The SMILES string of the molecule is N#CCc1cc(Cl)ncc1-c1c(Cl)cc(Cl)cc1Cl. The zero-order valence-electron chi connectivity index (χ0n) is 9.42. The number of pyridine rings is 1. The number of halogens is 4. The highest BCUT2D eigenvalue weighted by Gasteiger charge is 2.14. The second kappa shape index (κ2) is 5.98. The van der Waals surface area contributed by atoms with Crippen LogP contribution in [0, 0.1) is 11.3 Å². The van der Waals surface area contributed by atoms with Crippen LogP contribution in [0.2, 0.25) is 20.2 Å². The number of nitrogens with zero attached hydrogens (tertiary/aromatic N) is 2. The Bertz CT molecular complexity index is 654. The van der Waals surface area contributed by atoms with Gasteiger partial charge < -0.3 is 0 Å². The van der Waals surface area contributed by atoms with E-state index in [1.54, 1.807) is 24.4 Å². The molecule has 0 bridgehead atoms. The third-order valence-corrected chi connectivity index (χ3v) is 3.52. The lowest BCUT2D eigenvalue weighted by atomic mass is 10.0. The average Bonchev–Trinajstić information content (AvgIpc) is 2.31. The predicted molar refractivity (Wildman–Crippen MR) is 79.0 cm³/mol. The van der Waals surface area contributed by atoms with Gasteiger partial charge in [0.25, 0.3) is 0 Å². The van der Waals surface area contributed by atoms with Crippen LogP contribution in [-0.4, -0.2) is 4.98 Å². The first-order chi connectivity index (χ1) is 9.02. The Morgan fingerprint density at radius 1 is 1.05 bits per heavy atom. The minimum Gasteiger partial charge on any atom is -0.244 e. The summed E-state index contributed by atoms with van der Waals surface area (Å²) in [6, 6.07) is 6.88. The molecule has 0 aliphatic heterocycles. The van der Waals surface area contributed by atoms with Crippen molar-refractivity contribution in [3.63, 3.8) is 0 Å². The molecule has 0 N–H and O–H groups in total. The molecule has 2 nitrogen and oxygen atoms in total. The predicted octanol–water partition coefficient (Wildman–Crippen LogP) is 5.43. The molecule has 1 heterocycles. The number of hydrogen-bond acceptors (Lipinski definition) is 2. The van der Waals surface area contributed by atoms with Crippen LogP contribution >= 0.6 is 46.4 Å². The van der Waals surface area contributed by atoms with Crippen LogP contribution in [0.4, 0.5) is 0 Å². The minimum absolute atomic E-state index is 0.187. The van der Waals surface area contributed by atoms with Crippen molar-refractivity contribution in [2.75, 3.05) is 0 Å². The molecule has 0 aliphatic rings. The molecule has 0 radical (unpaired) electrons. The number of nitriles is 1. The molecule has 0 saturated carbocycles. The second-order valence-corrected chi connectivity index (χ2v) is 5.38. The molecule has 0 amide bonds. The largest absolute Gasteiger partial charge is 0.244 e. The van der Waals surface area contributed by atoms with E-state index in [-0.39, 0.29) is 6.42 Å². The van der Waals surface area contributed by atoms with Crippen LogP contribution in [0.15, 0.2) is 24.4 Å². The van der Waals surface area contributed by atoms with Crippen LogP contribution in [0.5, 0.6) is 0 Å². The first-order valence-electron chi connectivity index (χ1n) is 5.19. The van der Waals surface area contributed by atoms with Gasteiger partial charge >= 0.3 is 0 Å². The molecule has 2 rings (SSSR count). The Balaban J connectivity index is 2.69. The summed E-state index contributed by atoms with van der Waals surface area (Å²) in [6.07, 6.45) is 1.74. The van der Waals surface area contributed by atoms with E-state index in [0.717, 1.165) is 0 Å². The Morgan fingerprint density at radius 2 is 1.68 bits per heavy atom. The molecular formula is C13H6Cl4N2. The van der Waals surface area contributed by atoms with Crippen molar-refractivity contribution in [2.45, 2.75) is 6.42 Å². The summed E-state index contributed by atoms with van der Waals surface area (Å²) in [6.45, 7) is 0. The van der Waals surface area contributed by atoms with Gasteiger partial charge in [0.1, 0.15) is 5.15 Å². The summed E-state index contributed by atoms with van der Waals surface area (Å²) >= 11 is 24.1. The van der Waals surface area contributed by atoms with E-state index in [2.05, 4.69) is 11.1 Å². The van der Waals surface area contributed by atoms with Crippen molar-refractivity contribution in [1.29, 1.82) is 5.26 Å². The molecule has 1 aromatic heterocycles. The van der Waals surface area contributed by atoms with Gasteiger partial charge in [-0.3, -0.25) is 0 Å². The van der Waals surface area contributed by atoms with Crippen LogP contribution in [0.25, 0.3) is 11.1 Å². The molecule has 0 spiro atoms. The molecule has 2 aromatic rings. The smallest absolute Gasteiger partial charge is 0.129 e. The Hall–Kier alpha value is -0.980. The van der Waals surface area contributed by atoms with Crippen molar-refractivity contribution in [3.8, 4) is 17.2 Å². The van der Waals surface area contributed by atoms with E-state index in [1.807, 2.05) is 0 Å². The van der Waals surface area contributed by atoms with Gasteiger partial charge in [-0.25, -0.2) is 4.98 Å². The van der Waals surface area contributed by atoms with Gasteiger partial charge in [-0.05, 0) is 23.8 Å². The number of hydrogen-bond donors (Lipinski definition) is 0. The van der Waals surface area contributed by atoms with Crippen LogP contribution < -0.4 is 0 Å². The second-order valence-electron chi connectivity index (χ2n) is 3.74. The summed E-state index contributed by atoms with van der Waals surface area (Å²) in [4.78, 5) is 4.01. The lowest BCUT2D eigenvalue weighted by Gasteiger charge is -2.11. The van der Waals surface area contributed by atoms with Gasteiger partial charge in [-0.15, -0.1) is 0 Å². The molecule has 0 aliphatic carbocycles. The Labute approximate surface area is 130 Å². The molecular weight excluding hydrogens is 326 g/mol. The summed E-state index contributed by atoms with van der Waals surface area (Å²) < 4.78 is 0. The summed E-state index contributed by atoms with van der Waals surface area (Å²) in [5, 5.41) is 10.4. The van der Waals surface area contributed by atoms with E-state index < -0.39 is 0 Å². The quantitative estimate of drug-likeness (QED) is 0.688. The Kier molecular flexibility index (Phi) is 4.54. The normalized spacial score (nSPS) is 10.3. The topological polar surface area (TPSA) is 36.7 Å². The molecule has 0 fully saturated rings. The molecule has 96 valence electrons. The zero-order valence-corrected chi connectivity index (χ0v) is 12.4. The first kappa shape index (κ1) is 14.4. The zero-order chi connectivity index (χ0) is 14.0. The van der Waals surface area contributed by atoms with Crippen molar-refractivity contribution in [3.05, 3.63) is 50.2 Å². The molecule has 0 atom stereocenters. The van der Waals surface area contributed by atoms with Crippen LogP contribution in [0.3, 0.4) is 0 Å². The maximum Gasteiger partial charge on any atom is 0.129 e. The van der Waals surface area contributed by atoms with Crippen molar-refractivity contribution >= 4 is 46.4 Å². The fourth-order valence-corrected chi connectivity index (χ4v) is 2.93. The van der Waals surface area contributed by atoms with Crippen molar-refractivity contribution in [2.24, 2.45) is 0 Å². The molecule has 6 heteroatoms. The lowest BCUT2D eigenvalue weighted by molar-refractivity contribution is 1.21. The third kappa shape index (κ3) is 3.13. The van der Waals surface area contributed by atoms with E-state index >= 15 is 0 Å². The first-order valence-corrected chi connectivity index (χ1v) is 6.70. The molecule has 0 saturated heterocycles. The number of aromatic nitrogens is 1. The maximum atomic E-state index is 8.86. The van der Waals surface area contributed by atoms with Crippen molar-refractivity contribution in [1.82, 2.24) is 4.98 Å². The van der Waals surface area contributed by atoms with E-state index in [4.69, 9.17) is 51.7 Å². The van der Waals surface area contributed by atoms with E-state index in [9.17, 15) is 0 Å². The highest BCUT2D eigenvalue weighted by atomic mass is 35.5. The number of benzene rings is 1. The van der Waals surface area contributed by atoms with Crippen LogP contribution in [0.1, 0.15) is 5.56 Å². The van der Waals surface area contributed by atoms with Gasteiger partial charge in [-0.1, -0.05) is 46.4 Å². The fourth-order valence-electron chi connectivity index (χ4n) is 1.72. The van der Waals surface area contributed by atoms with Gasteiger partial charge in [-0.2, -0.15) is 5.26 Å². The molecule has 1 aromatic carbocycles.